The smallest absolute Gasteiger partial charge is 0.378 e. The third kappa shape index (κ3) is 7.91. The number of nitrogens with one attached hydrogen (secondary N) is 1. The molecule has 1 saturated heterocycles. The van der Waals surface area contributed by atoms with Gasteiger partial charge < -0.3 is 15.0 Å². The van der Waals surface area contributed by atoms with Crippen LogP contribution < -0.4 is 5.32 Å². The molecule has 4 rings (SSSR count). The van der Waals surface area contributed by atoms with Crippen molar-refractivity contribution in [3.05, 3.63) is 88.8 Å². The fraction of sp³-hybridized carbons (Fsp3) is 0.276. The van der Waals surface area contributed by atoms with Crippen LogP contribution >= 0.6 is 11.8 Å². The molecular weight excluding hydrogens is 584 g/mol. The Hall–Kier alpha value is -3.84. The molecule has 42 heavy (non-hydrogen) atoms. The molecule has 2 amide bonds. The summed E-state index contributed by atoms with van der Waals surface area (Å²) in [6.07, 6.45) is -6.02. The second kappa shape index (κ2) is 13.0. The molecule has 0 spiro atoms. The minimum atomic E-state index is -5.38. The van der Waals surface area contributed by atoms with E-state index in [-0.39, 0.29) is 48.9 Å². The Bertz CT molecular complexity index is 1470. The van der Waals surface area contributed by atoms with E-state index in [0.29, 0.717) is 17.3 Å². The zero-order valence-electron chi connectivity index (χ0n) is 22.2. The van der Waals surface area contributed by atoms with E-state index >= 15 is 0 Å². The van der Waals surface area contributed by atoms with Crippen LogP contribution in [0.5, 0.6) is 0 Å². The molecule has 1 aliphatic heterocycles. The van der Waals surface area contributed by atoms with Crippen LogP contribution in [-0.4, -0.2) is 48.0 Å². The van der Waals surface area contributed by atoms with E-state index in [1.165, 1.54) is 48.5 Å². The molecule has 0 aliphatic carbocycles. The van der Waals surface area contributed by atoms with Gasteiger partial charge in [0.1, 0.15) is 0 Å². The van der Waals surface area contributed by atoms with Gasteiger partial charge >= 0.3 is 12.4 Å². The van der Waals surface area contributed by atoms with Crippen LogP contribution in [0.1, 0.15) is 27.8 Å². The van der Waals surface area contributed by atoms with Gasteiger partial charge in [0.2, 0.25) is 11.8 Å². The van der Waals surface area contributed by atoms with Gasteiger partial charge in [-0.15, -0.1) is 0 Å². The Morgan fingerprint density at radius 1 is 1.00 bits per heavy atom. The Morgan fingerprint density at radius 2 is 1.67 bits per heavy atom. The van der Waals surface area contributed by atoms with Gasteiger partial charge in [-0.2, -0.15) is 26.3 Å². The summed E-state index contributed by atoms with van der Waals surface area (Å²) in [4.78, 5) is 29.7. The highest BCUT2D eigenvalue weighted by atomic mass is 32.2. The van der Waals surface area contributed by atoms with E-state index in [2.05, 4.69) is 10.3 Å². The molecule has 1 aromatic heterocycles. The minimum absolute atomic E-state index is 0.0231. The number of hydrogen-bond donors (Lipinski definition) is 1. The molecule has 0 unspecified atom stereocenters. The second-order valence-electron chi connectivity index (χ2n) is 9.33. The largest absolute Gasteiger partial charge is 0.418 e. The highest BCUT2D eigenvalue weighted by Gasteiger charge is 2.47. The number of aromatic nitrogens is 1. The van der Waals surface area contributed by atoms with Crippen molar-refractivity contribution in [2.75, 3.05) is 31.6 Å². The van der Waals surface area contributed by atoms with Gasteiger partial charge in [-0.1, -0.05) is 17.8 Å². The molecule has 2 aromatic carbocycles. The lowest BCUT2D eigenvalue weighted by atomic mass is 9.95. The lowest BCUT2D eigenvalue weighted by Crippen LogP contribution is -2.39. The fourth-order valence-electron chi connectivity index (χ4n) is 4.37. The summed E-state index contributed by atoms with van der Waals surface area (Å²) < 4.78 is 91.0. The molecule has 0 bridgehead atoms. The number of anilines is 1. The van der Waals surface area contributed by atoms with E-state index in [9.17, 15) is 35.9 Å². The molecule has 2 heterocycles. The molecule has 222 valence electrons. The van der Waals surface area contributed by atoms with Crippen molar-refractivity contribution in [1.82, 2.24) is 9.88 Å². The van der Waals surface area contributed by atoms with E-state index in [0.717, 1.165) is 18.2 Å². The summed E-state index contributed by atoms with van der Waals surface area (Å²) >= 11 is 0.494. The Kier molecular flexibility index (Phi) is 9.62. The number of aryl methyl sites for hydroxylation is 1. The van der Waals surface area contributed by atoms with Crippen molar-refractivity contribution < 1.29 is 40.7 Å². The number of pyridine rings is 1. The number of ether oxygens (including phenoxy) is 1. The number of alkyl halides is 6. The van der Waals surface area contributed by atoms with Gasteiger partial charge in [0.25, 0.3) is 0 Å². The first kappa shape index (κ1) is 31.1. The van der Waals surface area contributed by atoms with Gasteiger partial charge in [0, 0.05) is 47.0 Å². The maximum atomic E-state index is 14.3. The number of rotatable bonds is 7. The number of benzene rings is 2. The number of morpholine rings is 1. The lowest BCUT2D eigenvalue weighted by molar-refractivity contribution is -0.163. The van der Waals surface area contributed by atoms with E-state index in [1.54, 1.807) is 12.1 Å². The van der Waals surface area contributed by atoms with Gasteiger partial charge in [-0.25, -0.2) is 0 Å². The summed E-state index contributed by atoms with van der Waals surface area (Å²) in [7, 11) is 0. The molecule has 1 aliphatic rings. The molecule has 3 aromatic rings. The molecule has 1 N–H and O–H groups in total. The summed E-state index contributed by atoms with van der Waals surface area (Å²) in [6.45, 7) is 2.22. The summed E-state index contributed by atoms with van der Waals surface area (Å²) in [6, 6.07) is 10.1. The average Bonchev–Trinajstić information content (AvgIpc) is 2.92. The molecule has 1 fully saturated rings. The van der Waals surface area contributed by atoms with Crippen LogP contribution in [0.2, 0.25) is 0 Å². The van der Waals surface area contributed by atoms with Crippen LogP contribution in [0.25, 0.3) is 6.08 Å². The SMILES string of the molecule is Cc1cc(Sc2cccc(NC(=O)Cc3ccncc3)c2)c(C(F)(F)F)c(C(F)(F)F)c1/C=C/C(=O)N1CCOCC1. The van der Waals surface area contributed by atoms with Crippen LogP contribution in [0.3, 0.4) is 0 Å². The van der Waals surface area contributed by atoms with E-state index in [4.69, 9.17) is 4.74 Å². The number of carbonyl (C=O) groups excluding carboxylic acids is 2. The van der Waals surface area contributed by atoms with Crippen molar-refractivity contribution in [2.24, 2.45) is 0 Å². The summed E-state index contributed by atoms with van der Waals surface area (Å²) in [5.41, 5.74) is -3.59. The number of hydrogen-bond acceptors (Lipinski definition) is 5. The van der Waals surface area contributed by atoms with Gasteiger partial charge in [-0.3, -0.25) is 14.6 Å². The average molecular weight is 610 g/mol. The highest BCUT2D eigenvalue weighted by Crippen LogP contribution is 2.49. The summed E-state index contributed by atoms with van der Waals surface area (Å²) in [5.74, 6) is -1.02. The van der Waals surface area contributed by atoms with Crippen LogP contribution in [0.15, 0.2) is 70.7 Å². The van der Waals surface area contributed by atoms with Crippen LogP contribution in [-0.2, 0) is 33.1 Å². The molecular formula is C29H25F6N3O3S. The number of carbonyl (C=O) groups is 2. The van der Waals surface area contributed by atoms with Crippen molar-refractivity contribution in [2.45, 2.75) is 35.5 Å². The van der Waals surface area contributed by atoms with Crippen LogP contribution in [0, 0.1) is 6.92 Å². The topological polar surface area (TPSA) is 71.5 Å². The lowest BCUT2D eigenvalue weighted by Gasteiger charge is -2.26. The predicted molar refractivity (Wildman–Crippen MR) is 145 cm³/mol. The zero-order chi connectivity index (χ0) is 30.5. The van der Waals surface area contributed by atoms with Crippen LogP contribution in [0.4, 0.5) is 32.0 Å². The van der Waals surface area contributed by atoms with Gasteiger partial charge in [0.05, 0.1) is 30.8 Å². The first-order chi connectivity index (χ1) is 19.8. The standard InChI is InChI=1S/C29H25F6N3O3S/c1-18-15-23(42-21-4-2-3-20(17-21)37-24(39)16-19-7-9-36-10-8-19)27(29(33,34)35)26(28(30,31)32)22(18)5-6-25(40)38-11-13-41-14-12-38/h2-10,15,17H,11-14,16H2,1H3,(H,37,39)/b6-5+. The Balaban J connectivity index is 1.67. The van der Waals surface area contributed by atoms with Crippen molar-refractivity contribution in [3.8, 4) is 0 Å². The van der Waals surface area contributed by atoms with Gasteiger partial charge in [-0.05, 0) is 66.1 Å². The fourth-order valence-corrected chi connectivity index (χ4v) is 5.51. The molecule has 13 heteroatoms. The first-order valence-electron chi connectivity index (χ1n) is 12.7. The second-order valence-corrected chi connectivity index (χ2v) is 10.4. The van der Waals surface area contributed by atoms with Crippen molar-refractivity contribution in [1.29, 1.82) is 0 Å². The maximum Gasteiger partial charge on any atom is 0.418 e. The normalized spacial score (nSPS) is 14.3. The third-order valence-electron chi connectivity index (χ3n) is 6.28. The number of halogens is 6. The minimum Gasteiger partial charge on any atom is -0.378 e. The molecule has 0 saturated carbocycles. The molecule has 6 nitrogen and oxygen atoms in total. The quantitative estimate of drug-likeness (QED) is 0.241. The highest BCUT2D eigenvalue weighted by molar-refractivity contribution is 7.99. The zero-order valence-corrected chi connectivity index (χ0v) is 23.0. The number of amides is 2. The molecule has 0 radical (unpaired) electrons. The number of nitrogens with zero attached hydrogens (tertiary/aromatic N) is 2. The first-order valence-corrected chi connectivity index (χ1v) is 13.5. The monoisotopic (exact) mass is 609 g/mol. The summed E-state index contributed by atoms with van der Waals surface area (Å²) in [5, 5.41) is 2.64. The van der Waals surface area contributed by atoms with E-state index < -0.39 is 45.8 Å². The van der Waals surface area contributed by atoms with E-state index in [1.807, 2.05) is 0 Å². The Morgan fingerprint density at radius 3 is 2.31 bits per heavy atom. The van der Waals surface area contributed by atoms with Crippen molar-refractivity contribution in [3.63, 3.8) is 0 Å². The predicted octanol–water partition coefficient (Wildman–Crippen LogP) is 6.63. The maximum absolute atomic E-state index is 14.3. The van der Waals surface area contributed by atoms with Crippen molar-refractivity contribution >= 4 is 35.3 Å². The third-order valence-corrected chi connectivity index (χ3v) is 7.31. The molecule has 0 atom stereocenters. The van der Waals surface area contributed by atoms with Gasteiger partial charge in [0.15, 0.2) is 0 Å². The Labute approximate surface area is 241 Å².